The maximum atomic E-state index is 6.08. The van der Waals surface area contributed by atoms with Gasteiger partial charge in [0.15, 0.2) is 5.96 Å². The third kappa shape index (κ3) is 6.30. The minimum atomic E-state index is 0. The molecule has 0 aromatic rings. The number of guanidine groups is 1. The zero-order valence-corrected chi connectivity index (χ0v) is 15.7. The fourth-order valence-electron chi connectivity index (χ4n) is 3.69. The van der Waals surface area contributed by atoms with Gasteiger partial charge >= 0.3 is 0 Å². The van der Waals surface area contributed by atoms with Crippen LogP contribution in [0.1, 0.15) is 64.2 Å². The van der Waals surface area contributed by atoms with Crippen LogP contribution in [-0.4, -0.2) is 32.3 Å². The zero-order valence-electron chi connectivity index (χ0n) is 13.4. The summed E-state index contributed by atoms with van der Waals surface area (Å²) in [7, 11) is 1.78. The summed E-state index contributed by atoms with van der Waals surface area (Å²) in [6.07, 6.45) is 12.8. The number of aliphatic imine (C=N–C) groups is 1. The van der Waals surface area contributed by atoms with Crippen LogP contribution in [0.25, 0.3) is 0 Å². The minimum Gasteiger partial charge on any atom is -0.385 e. The molecule has 2 saturated carbocycles. The molecule has 0 radical (unpaired) electrons. The van der Waals surface area contributed by atoms with E-state index in [4.69, 9.17) is 10.5 Å². The number of ether oxygens (including phenoxy) is 1. The summed E-state index contributed by atoms with van der Waals surface area (Å²) >= 11 is 0. The summed E-state index contributed by atoms with van der Waals surface area (Å²) in [5.74, 6) is 0.653. The van der Waals surface area contributed by atoms with Crippen LogP contribution in [0.5, 0.6) is 0 Å². The fraction of sp³-hybridized carbons (Fsp3) is 0.938. The van der Waals surface area contributed by atoms with Crippen LogP contribution in [0, 0.1) is 5.41 Å². The first-order chi connectivity index (χ1) is 9.74. The molecular weight excluding hydrogens is 377 g/mol. The first kappa shape index (κ1) is 19.0. The lowest BCUT2D eigenvalue weighted by Crippen LogP contribution is -2.41. The molecule has 5 heteroatoms. The van der Waals surface area contributed by atoms with Crippen LogP contribution in [0.4, 0.5) is 0 Å². The van der Waals surface area contributed by atoms with E-state index < -0.39 is 0 Å². The van der Waals surface area contributed by atoms with Gasteiger partial charge in [-0.1, -0.05) is 32.1 Å². The Morgan fingerprint density at radius 3 is 2.48 bits per heavy atom. The summed E-state index contributed by atoms with van der Waals surface area (Å²) in [5.41, 5.74) is 6.42. The second-order valence-electron chi connectivity index (χ2n) is 6.63. The van der Waals surface area contributed by atoms with Crippen LogP contribution in [0.3, 0.4) is 0 Å². The van der Waals surface area contributed by atoms with Crippen molar-refractivity contribution in [1.29, 1.82) is 0 Å². The van der Waals surface area contributed by atoms with E-state index in [-0.39, 0.29) is 24.0 Å². The molecule has 4 nitrogen and oxygen atoms in total. The highest BCUT2D eigenvalue weighted by Gasteiger charge is 2.33. The molecule has 124 valence electrons. The van der Waals surface area contributed by atoms with E-state index in [0.717, 1.165) is 19.6 Å². The van der Waals surface area contributed by atoms with Crippen molar-refractivity contribution in [2.45, 2.75) is 70.3 Å². The summed E-state index contributed by atoms with van der Waals surface area (Å²) in [6.45, 7) is 1.70. The maximum absolute atomic E-state index is 6.08. The fourth-order valence-corrected chi connectivity index (χ4v) is 3.69. The summed E-state index contributed by atoms with van der Waals surface area (Å²) in [5, 5.41) is 3.41. The lowest BCUT2D eigenvalue weighted by atomic mass is 9.83. The molecule has 0 bridgehead atoms. The average molecular weight is 409 g/mol. The van der Waals surface area contributed by atoms with Gasteiger partial charge < -0.3 is 15.8 Å². The number of halogens is 1. The molecule has 0 aromatic heterocycles. The highest BCUT2D eigenvalue weighted by molar-refractivity contribution is 14.0. The summed E-state index contributed by atoms with van der Waals surface area (Å²) in [4.78, 5) is 4.65. The lowest BCUT2D eigenvalue weighted by Gasteiger charge is -2.28. The molecule has 3 N–H and O–H groups in total. The molecule has 0 aliphatic heterocycles. The molecule has 0 atom stereocenters. The minimum absolute atomic E-state index is 0. The van der Waals surface area contributed by atoms with Gasteiger partial charge in [-0.15, -0.1) is 24.0 Å². The van der Waals surface area contributed by atoms with Crippen molar-refractivity contribution in [2.24, 2.45) is 16.1 Å². The summed E-state index contributed by atoms with van der Waals surface area (Å²) < 4.78 is 5.26. The smallest absolute Gasteiger partial charge is 0.188 e. The van der Waals surface area contributed by atoms with Gasteiger partial charge in [-0.2, -0.15) is 0 Å². The number of hydrogen-bond acceptors (Lipinski definition) is 2. The quantitative estimate of drug-likeness (QED) is 0.402. The average Bonchev–Trinajstić information content (AvgIpc) is 2.94. The Labute approximate surface area is 146 Å². The third-order valence-corrected chi connectivity index (χ3v) is 5.04. The molecule has 0 aromatic carbocycles. The second-order valence-corrected chi connectivity index (χ2v) is 6.63. The Morgan fingerprint density at radius 1 is 1.19 bits per heavy atom. The monoisotopic (exact) mass is 409 g/mol. The van der Waals surface area contributed by atoms with E-state index in [9.17, 15) is 0 Å². The van der Waals surface area contributed by atoms with Crippen molar-refractivity contribution in [3.63, 3.8) is 0 Å². The van der Waals surface area contributed by atoms with E-state index in [0.29, 0.717) is 17.4 Å². The predicted octanol–water partition coefficient (Wildman–Crippen LogP) is 3.44. The van der Waals surface area contributed by atoms with Crippen molar-refractivity contribution in [3.05, 3.63) is 0 Å². The van der Waals surface area contributed by atoms with Crippen LogP contribution in [0.2, 0.25) is 0 Å². The molecule has 2 aliphatic carbocycles. The second kappa shape index (κ2) is 9.87. The first-order valence-corrected chi connectivity index (χ1v) is 8.29. The van der Waals surface area contributed by atoms with Crippen molar-refractivity contribution in [2.75, 3.05) is 20.3 Å². The molecule has 0 heterocycles. The maximum Gasteiger partial charge on any atom is 0.188 e. The van der Waals surface area contributed by atoms with Gasteiger partial charge in [0.1, 0.15) is 0 Å². The Hall–Kier alpha value is -0.0400. The first-order valence-electron chi connectivity index (χ1n) is 8.29. The van der Waals surface area contributed by atoms with E-state index >= 15 is 0 Å². The van der Waals surface area contributed by atoms with Crippen LogP contribution >= 0.6 is 24.0 Å². The van der Waals surface area contributed by atoms with Crippen LogP contribution in [-0.2, 0) is 4.74 Å². The number of nitrogens with one attached hydrogen (secondary N) is 1. The van der Waals surface area contributed by atoms with Crippen molar-refractivity contribution >= 4 is 29.9 Å². The predicted molar refractivity (Wildman–Crippen MR) is 99.3 cm³/mol. The van der Waals surface area contributed by atoms with Crippen molar-refractivity contribution in [3.8, 4) is 0 Å². The van der Waals surface area contributed by atoms with Gasteiger partial charge in [-0.25, -0.2) is 0 Å². The number of hydrogen-bond donors (Lipinski definition) is 2. The number of nitrogens with zero attached hydrogens (tertiary/aromatic N) is 1. The number of rotatable bonds is 6. The van der Waals surface area contributed by atoms with Crippen molar-refractivity contribution < 1.29 is 4.74 Å². The van der Waals surface area contributed by atoms with Gasteiger partial charge in [0.25, 0.3) is 0 Å². The third-order valence-electron chi connectivity index (χ3n) is 5.04. The van der Waals surface area contributed by atoms with Crippen molar-refractivity contribution in [1.82, 2.24) is 5.32 Å². The molecular formula is C16H32IN3O. The lowest BCUT2D eigenvalue weighted by molar-refractivity contribution is 0.141. The topological polar surface area (TPSA) is 59.6 Å². The van der Waals surface area contributed by atoms with Gasteiger partial charge in [-0.3, -0.25) is 4.99 Å². The van der Waals surface area contributed by atoms with E-state index in [1.54, 1.807) is 7.11 Å². The highest BCUT2D eigenvalue weighted by atomic mass is 127. The van der Waals surface area contributed by atoms with Gasteiger partial charge in [0.05, 0.1) is 0 Å². The normalized spacial score (nSPS) is 22.8. The van der Waals surface area contributed by atoms with Gasteiger partial charge in [0, 0.05) is 26.3 Å². The molecule has 2 rings (SSSR count). The molecule has 2 aliphatic rings. The Balaban J connectivity index is 0.00000220. The van der Waals surface area contributed by atoms with Crippen LogP contribution < -0.4 is 11.1 Å². The Morgan fingerprint density at radius 2 is 1.86 bits per heavy atom. The van der Waals surface area contributed by atoms with E-state index in [2.05, 4.69) is 10.3 Å². The molecule has 0 amide bonds. The van der Waals surface area contributed by atoms with Gasteiger partial charge in [-0.05, 0) is 37.5 Å². The number of methoxy groups -OCH3 is 1. The highest BCUT2D eigenvalue weighted by Crippen LogP contribution is 2.41. The molecule has 0 spiro atoms. The molecule has 0 unspecified atom stereocenters. The zero-order chi connectivity index (χ0) is 14.3. The van der Waals surface area contributed by atoms with Gasteiger partial charge in [0.2, 0.25) is 0 Å². The van der Waals surface area contributed by atoms with Crippen LogP contribution in [0.15, 0.2) is 4.99 Å². The Bertz CT molecular complexity index is 311. The Kier molecular flexibility index (Phi) is 8.94. The SMILES string of the molecule is COCCC1(CN=C(N)NC2CCCCC2)CCCC1.I. The van der Waals surface area contributed by atoms with E-state index in [1.807, 2.05) is 0 Å². The molecule has 21 heavy (non-hydrogen) atoms. The summed E-state index contributed by atoms with van der Waals surface area (Å²) in [6, 6.07) is 0.547. The molecule has 0 saturated heterocycles. The largest absolute Gasteiger partial charge is 0.385 e. The van der Waals surface area contributed by atoms with E-state index in [1.165, 1.54) is 57.8 Å². The number of nitrogens with two attached hydrogens (primary N) is 1. The standard InChI is InChI=1S/C16H31N3O.HI/c1-20-12-11-16(9-5-6-10-16)13-18-15(17)19-14-7-3-2-4-8-14;/h14H,2-13H2,1H3,(H3,17,18,19);1H. The molecule has 2 fully saturated rings.